The van der Waals surface area contributed by atoms with E-state index in [9.17, 15) is 0 Å². The molecular weight excluding hydrogens is 249 g/mol. The summed E-state index contributed by atoms with van der Waals surface area (Å²) in [4.78, 5) is 0. The largest absolute Gasteiger partial charge is 0.330 e. The Balaban J connectivity index is 4.02. The van der Waals surface area contributed by atoms with Crippen LogP contribution >= 0.6 is 22.6 Å². The number of rotatable bonds is 4. The van der Waals surface area contributed by atoms with E-state index in [1.54, 1.807) is 0 Å². The van der Waals surface area contributed by atoms with Crippen molar-refractivity contribution in [3.05, 3.63) is 0 Å². The molecule has 0 rings (SSSR count). The molecule has 0 aromatic heterocycles. The number of halogens is 1. The summed E-state index contributed by atoms with van der Waals surface area (Å²) in [5.74, 6) is 0. The van der Waals surface area contributed by atoms with Gasteiger partial charge in [0.15, 0.2) is 0 Å². The molecule has 0 bridgehead atoms. The van der Waals surface area contributed by atoms with E-state index in [2.05, 4.69) is 50.3 Å². The number of nitrogens with two attached hydrogens (primary N) is 1. The average Bonchev–Trinajstić information content (AvgIpc) is 1.86. The van der Waals surface area contributed by atoms with Gasteiger partial charge in [0.05, 0.1) is 0 Å². The number of hydrogen-bond donors (Lipinski definition) is 1. The Labute approximate surface area is 84.3 Å². The number of alkyl halides is 1. The van der Waals surface area contributed by atoms with E-state index < -0.39 is 0 Å². The molecule has 0 aliphatic heterocycles. The van der Waals surface area contributed by atoms with Crippen LogP contribution in [0, 0.1) is 10.8 Å². The predicted octanol–water partition coefficient (Wildman–Crippen LogP) is 2.82. The van der Waals surface area contributed by atoms with E-state index in [0.29, 0.717) is 10.8 Å². The second-order valence-electron chi connectivity index (χ2n) is 4.84. The van der Waals surface area contributed by atoms with E-state index in [-0.39, 0.29) is 0 Å². The van der Waals surface area contributed by atoms with Gasteiger partial charge in [0.2, 0.25) is 0 Å². The topological polar surface area (TPSA) is 26.0 Å². The van der Waals surface area contributed by atoms with Gasteiger partial charge in [0.25, 0.3) is 0 Å². The lowest BCUT2D eigenvalue weighted by molar-refractivity contribution is 0.227. The molecule has 0 heterocycles. The third-order valence-electron chi connectivity index (χ3n) is 1.87. The van der Waals surface area contributed by atoms with Crippen molar-refractivity contribution in [2.45, 2.75) is 34.1 Å². The van der Waals surface area contributed by atoms with Gasteiger partial charge < -0.3 is 5.73 Å². The van der Waals surface area contributed by atoms with Crippen molar-refractivity contribution in [1.82, 2.24) is 0 Å². The summed E-state index contributed by atoms with van der Waals surface area (Å²) in [5, 5.41) is 0. The molecule has 1 nitrogen and oxygen atoms in total. The third kappa shape index (κ3) is 5.01. The van der Waals surface area contributed by atoms with Crippen LogP contribution in [0.4, 0.5) is 0 Å². The van der Waals surface area contributed by atoms with Gasteiger partial charge in [-0.2, -0.15) is 0 Å². The third-order valence-corrected chi connectivity index (χ3v) is 3.94. The molecule has 0 aliphatic rings. The van der Waals surface area contributed by atoms with Gasteiger partial charge in [-0.1, -0.05) is 50.3 Å². The summed E-state index contributed by atoms with van der Waals surface area (Å²) in [7, 11) is 0. The maximum absolute atomic E-state index is 5.67. The smallest absolute Gasteiger partial charge is 0.00469 e. The Morgan fingerprint density at radius 3 is 1.82 bits per heavy atom. The van der Waals surface area contributed by atoms with Gasteiger partial charge in [0, 0.05) is 4.43 Å². The van der Waals surface area contributed by atoms with Crippen molar-refractivity contribution < 1.29 is 0 Å². The fraction of sp³-hybridized carbons (Fsp3) is 1.00. The maximum atomic E-state index is 5.67. The first kappa shape index (κ1) is 11.7. The molecule has 0 saturated carbocycles. The molecule has 2 N–H and O–H groups in total. The zero-order valence-corrected chi connectivity index (χ0v) is 10.2. The summed E-state index contributed by atoms with van der Waals surface area (Å²) in [6.45, 7) is 9.86. The SMILES string of the molecule is CC(C)(CN)CC(C)(C)CI. The summed E-state index contributed by atoms with van der Waals surface area (Å²) in [5.41, 5.74) is 6.40. The van der Waals surface area contributed by atoms with Gasteiger partial charge in [0.1, 0.15) is 0 Å². The van der Waals surface area contributed by atoms with Crippen molar-refractivity contribution in [1.29, 1.82) is 0 Å². The lowest BCUT2D eigenvalue weighted by Crippen LogP contribution is -2.30. The Morgan fingerprint density at radius 2 is 1.55 bits per heavy atom. The van der Waals surface area contributed by atoms with E-state index in [0.717, 1.165) is 6.54 Å². The first-order valence-corrected chi connectivity index (χ1v) is 5.62. The van der Waals surface area contributed by atoms with Crippen LogP contribution in [-0.4, -0.2) is 11.0 Å². The summed E-state index contributed by atoms with van der Waals surface area (Å²) >= 11 is 2.45. The standard InChI is InChI=1S/C9H20IN/c1-8(2,6-10)5-9(3,4)7-11/h5-7,11H2,1-4H3. The average molecular weight is 269 g/mol. The van der Waals surface area contributed by atoms with Crippen LogP contribution in [-0.2, 0) is 0 Å². The minimum Gasteiger partial charge on any atom is -0.330 e. The van der Waals surface area contributed by atoms with Crippen molar-refractivity contribution >= 4 is 22.6 Å². The molecule has 0 aliphatic carbocycles. The molecule has 2 heteroatoms. The van der Waals surface area contributed by atoms with Gasteiger partial charge >= 0.3 is 0 Å². The maximum Gasteiger partial charge on any atom is 0.00469 e. The Bertz CT molecular complexity index is 105. The van der Waals surface area contributed by atoms with Crippen molar-refractivity contribution in [2.24, 2.45) is 16.6 Å². The van der Waals surface area contributed by atoms with Crippen LogP contribution in [0.1, 0.15) is 34.1 Å². The van der Waals surface area contributed by atoms with Gasteiger partial charge in [-0.25, -0.2) is 0 Å². The van der Waals surface area contributed by atoms with Crippen LogP contribution in [0.5, 0.6) is 0 Å². The molecule has 0 spiro atoms. The van der Waals surface area contributed by atoms with Crippen molar-refractivity contribution in [3.63, 3.8) is 0 Å². The summed E-state index contributed by atoms with van der Waals surface area (Å²) < 4.78 is 1.20. The first-order valence-electron chi connectivity index (χ1n) is 4.09. The van der Waals surface area contributed by atoms with Gasteiger partial charge in [-0.15, -0.1) is 0 Å². The van der Waals surface area contributed by atoms with Gasteiger partial charge in [-0.3, -0.25) is 0 Å². The van der Waals surface area contributed by atoms with Crippen molar-refractivity contribution in [2.75, 3.05) is 11.0 Å². The Morgan fingerprint density at radius 1 is 1.09 bits per heavy atom. The zero-order valence-electron chi connectivity index (χ0n) is 8.08. The molecule has 0 amide bonds. The Hall–Kier alpha value is 0.690. The van der Waals surface area contributed by atoms with E-state index in [1.165, 1.54) is 10.8 Å². The highest BCUT2D eigenvalue weighted by Crippen LogP contribution is 2.33. The minimum atomic E-state index is 0.300. The van der Waals surface area contributed by atoms with E-state index >= 15 is 0 Å². The molecular formula is C9H20IN. The molecule has 0 saturated heterocycles. The second kappa shape index (κ2) is 4.08. The molecule has 0 radical (unpaired) electrons. The highest BCUT2D eigenvalue weighted by molar-refractivity contribution is 14.1. The van der Waals surface area contributed by atoms with E-state index in [1.807, 2.05) is 0 Å². The quantitative estimate of drug-likeness (QED) is 0.616. The van der Waals surface area contributed by atoms with Crippen LogP contribution in [0.2, 0.25) is 0 Å². The lowest BCUT2D eigenvalue weighted by atomic mass is 9.76. The highest BCUT2D eigenvalue weighted by Gasteiger charge is 2.26. The highest BCUT2D eigenvalue weighted by atomic mass is 127. The number of hydrogen-bond acceptors (Lipinski definition) is 1. The van der Waals surface area contributed by atoms with Crippen LogP contribution in [0.15, 0.2) is 0 Å². The summed E-state index contributed by atoms with van der Waals surface area (Å²) in [6, 6.07) is 0. The molecule has 0 atom stereocenters. The molecule has 11 heavy (non-hydrogen) atoms. The summed E-state index contributed by atoms with van der Waals surface area (Å²) in [6.07, 6.45) is 1.21. The van der Waals surface area contributed by atoms with E-state index in [4.69, 9.17) is 5.73 Å². The van der Waals surface area contributed by atoms with Crippen LogP contribution < -0.4 is 5.73 Å². The molecule has 0 unspecified atom stereocenters. The zero-order chi connectivity index (χ0) is 9.12. The monoisotopic (exact) mass is 269 g/mol. The first-order chi connectivity index (χ1) is 4.83. The molecule has 68 valence electrons. The Kier molecular flexibility index (Phi) is 4.33. The fourth-order valence-corrected chi connectivity index (χ4v) is 1.68. The van der Waals surface area contributed by atoms with Gasteiger partial charge in [-0.05, 0) is 23.8 Å². The van der Waals surface area contributed by atoms with Crippen LogP contribution in [0.3, 0.4) is 0 Å². The normalized spacial score (nSPS) is 13.6. The van der Waals surface area contributed by atoms with Crippen molar-refractivity contribution in [3.8, 4) is 0 Å². The predicted molar refractivity (Wildman–Crippen MR) is 60.1 cm³/mol. The molecule has 0 aromatic rings. The van der Waals surface area contributed by atoms with Crippen LogP contribution in [0.25, 0.3) is 0 Å². The fourth-order valence-electron chi connectivity index (χ4n) is 1.41. The minimum absolute atomic E-state index is 0.300. The molecule has 0 aromatic carbocycles. The second-order valence-corrected chi connectivity index (χ2v) is 5.61. The molecule has 0 fully saturated rings. The lowest BCUT2D eigenvalue weighted by Gasteiger charge is -2.32.